The third-order valence-electron chi connectivity index (χ3n) is 5.90. The molecule has 6 nitrogen and oxygen atoms in total. The van der Waals surface area contributed by atoms with E-state index >= 15 is 0 Å². The summed E-state index contributed by atoms with van der Waals surface area (Å²) < 4.78 is 10.9. The lowest BCUT2D eigenvalue weighted by atomic mass is 9.91. The van der Waals surface area contributed by atoms with E-state index in [0.717, 1.165) is 22.6 Å². The minimum atomic E-state index is -0.133. The third-order valence-corrected chi connectivity index (χ3v) is 6.90. The zero-order valence-corrected chi connectivity index (χ0v) is 21.5. The first-order chi connectivity index (χ1) is 15.6. The number of hydrogen-bond acceptors (Lipinski definition) is 5. The zero-order chi connectivity index (χ0) is 24.2. The first-order valence-electron chi connectivity index (χ1n) is 11.6. The van der Waals surface area contributed by atoms with Crippen LogP contribution in [0.4, 0.5) is 0 Å². The second-order valence-corrected chi connectivity index (χ2v) is 11.0. The molecule has 1 aliphatic heterocycles. The molecule has 33 heavy (non-hydrogen) atoms. The molecule has 1 aromatic carbocycles. The van der Waals surface area contributed by atoms with E-state index in [9.17, 15) is 9.59 Å². The number of fused-ring (bicyclic) bond motifs is 1. The van der Waals surface area contributed by atoms with Crippen molar-refractivity contribution in [1.82, 2.24) is 9.80 Å². The van der Waals surface area contributed by atoms with Crippen LogP contribution in [0.25, 0.3) is 0 Å². The largest absolute Gasteiger partial charge is 0.454 e. The second kappa shape index (κ2) is 10.6. The lowest BCUT2D eigenvalue weighted by Gasteiger charge is -2.33. The number of carbonyl (C=O) groups is 2. The van der Waals surface area contributed by atoms with Crippen molar-refractivity contribution in [2.75, 3.05) is 13.3 Å². The monoisotopic (exact) mass is 472 g/mol. The van der Waals surface area contributed by atoms with Gasteiger partial charge in [-0.25, -0.2) is 0 Å². The van der Waals surface area contributed by atoms with Gasteiger partial charge in [0.05, 0.1) is 6.54 Å². The average molecular weight is 473 g/mol. The van der Waals surface area contributed by atoms with Crippen LogP contribution in [0.15, 0.2) is 29.6 Å². The second-order valence-electron chi connectivity index (χ2n) is 9.98. The fraction of sp³-hybridized carbons (Fsp3) is 0.538. The standard InChI is InChI=1S/C26H36N2O4S/c1-7-19(3)28(24(29)13-26(4,5)6)16-25(30)27(15-23-18(2)10-11-33-23)14-20-8-9-21-22(12-20)32-17-31-21/h8-12,19H,7,13-17H2,1-6H3/t19-/m1/s1. The molecular weight excluding hydrogens is 436 g/mol. The SMILES string of the molecule is CC[C@@H](C)N(CC(=O)N(Cc1ccc2c(c1)OCO2)Cc1sccc1C)C(=O)CC(C)(C)C. The van der Waals surface area contributed by atoms with Gasteiger partial charge in [0.1, 0.15) is 6.54 Å². The number of thiophene rings is 1. The van der Waals surface area contributed by atoms with Crippen LogP contribution in [0.3, 0.4) is 0 Å². The van der Waals surface area contributed by atoms with Crippen molar-refractivity contribution >= 4 is 23.2 Å². The number of ether oxygens (including phenoxy) is 2. The summed E-state index contributed by atoms with van der Waals surface area (Å²) in [4.78, 5) is 31.4. The summed E-state index contributed by atoms with van der Waals surface area (Å²) in [6, 6.07) is 7.85. The first-order valence-corrected chi connectivity index (χ1v) is 12.4. The number of amides is 2. The zero-order valence-electron chi connectivity index (χ0n) is 20.6. The maximum atomic E-state index is 13.6. The van der Waals surface area contributed by atoms with Crippen LogP contribution in [0.2, 0.25) is 0 Å². The van der Waals surface area contributed by atoms with Crippen LogP contribution in [-0.4, -0.2) is 41.0 Å². The van der Waals surface area contributed by atoms with Gasteiger partial charge < -0.3 is 19.3 Å². The van der Waals surface area contributed by atoms with Gasteiger partial charge in [0.15, 0.2) is 11.5 Å². The Morgan fingerprint density at radius 1 is 1.09 bits per heavy atom. The molecule has 0 saturated carbocycles. The highest BCUT2D eigenvalue weighted by atomic mass is 32.1. The Hall–Kier alpha value is -2.54. The Kier molecular flexibility index (Phi) is 8.05. The Balaban J connectivity index is 1.82. The minimum absolute atomic E-state index is 0.000308. The van der Waals surface area contributed by atoms with Gasteiger partial charge in [0.2, 0.25) is 18.6 Å². The lowest BCUT2D eigenvalue weighted by Crippen LogP contribution is -2.47. The molecule has 0 fully saturated rings. The van der Waals surface area contributed by atoms with Crippen molar-refractivity contribution in [3.63, 3.8) is 0 Å². The van der Waals surface area contributed by atoms with Crippen LogP contribution < -0.4 is 9.47 Å². The summed E-state index contributed by atoms with van der Waals surface area (Å²) in [5.74, 6) is 1.40. The number of benzene rings is 1. The summed E-state index contributed by atoms with van der Waals surface area (Å²) in [5.41, 5.74) is 2.01. The molecule has 1 aliphatic rings. The van der Waals surface area contributed by atoms with E-state index in [1.807, 2.05) is 63.1 Å². The molecule has 180 valence electrons. The topological polar surface area (TPSA) is 59.1 Å². The number of hydrogen-bond donors (Lipinski definition) is 0. The third kappa shape index (κ3) is 6.73. The summed E-state index contributed by atoms with van der Waals surface area (Å²) >= 11 is 1.65. The molecule has 0 bridgehead atoms. The van der Waals surface area contributed by atoms with Crippen molar-refractivity contribution in [2.45, 2.75) is 73.5 Å². The van der Waals surface area contributed by atoms with Gasteiger partial charge in [0, 0.05) is 23.9 Å². The van der Waals surface area contributed by atoms with E-state index in [4.69, 9.17) is 9.47 Å². The Morgan fingerprint density at radius 3 is 2.45 bits per heavy atom. The summed E-state index contributed by atoms with van der Waals surface area (Å²) in [6.07, 6.45) is 1.21. The highest BCUT2D eigenvalue weighted by Gasteiger charge is 2.28. The highest BCUT2D eigenvalue weighted by molar-refractivity contribution is 7.10. The van der Waals surface area contributed by atoms with Gasteiger partial charge in [-0.2, -0.15) is 0 Å². The van der Waals surface area contributed by atoms with E-state index in [1.54, 1.807) is 16.2 Å². The van der Waals surface area contributed by atoms with Gasteiger partial charge >= 0.3 is 0 Å². The van der Waals surface area contributed by atoms with Crippen molar-refractivity contribution in [1.29, 1.82) is 0 Å². The van der Waals surface area contributed by atoms with Crippen LogP contribution in [0.5, 0.6) is 11.5 Å². The fourth-order valence-electron chi connectivity index (χ4n) is 3.74. The van der Waals surface area contributed by atoms with Crippen molar-refractivity contribution in [3.8, 4) is 11.5 Å². The minimum Gasteiger partial charge on any atom is -0.454 e. The predicted molar refractivity (Wildman–Crippen MR) is 131 cm³/mol. The molecule has 0 unspecified atom stereocenters. The molecule has 0 saturated heterocycles. The number of rotatable bonds is 9. The molecule has 3 rings (SSSR count). The molecule has 1 aromatic heterocycles. The first kappa shape index (κ1) is 25.1. The van der Waals surface area contributed by atoms with Gasteiger partial charge in [-0.1, -0.05) is 33.8 Å². The van der Waals surface area contributed by atoms with Crippen LogP contribution in [0, 0.1) is 12.3 Å². The smallest absolute Gasteiger partial charge is 0.242 e. The molecule has 0 N–H and O–H groups in total. The molecule has 0 aliphatic carbocycles. The molecular formula is C26H36N2O4S. The molecule has 0 radical (unpaired) electrons. The molecule has 7 heteroatoms. The van der Waals surface area contributed by atoms with E-state index < -0.39 is 0 Å². The predicted octanol–water partition coefficient (Wildman–Crippen LogP) is 5.38. The lowest BCUT2D eigenvalue weighted by molar-refractivity contribution is -0.144. The van der Waals surface area contributed by atoms with Crippen LogP contribution in [0.1, 0.15) is 63.5 Å². The maximum absolute atomic E-state index is 13.6. The highest BCUT2D eigenvalue weighted by Crippen LogP contribution is 2.33. The van der Waals surface area contributed by atoms with Crippen LogP contribution in [-0.2, 0) is 22.7 Å². The van der Waals surface area contributed by atoms with Crippen molar-refractivity contribution < 1.29 is 19.1 Å². The fourth-order valence-corrected chi connectivity index (χ4v) is 4.66. The molecule has 2 heterocycles. The van der Waals surface area contributed by atoms with Crippen molar-refractivity contribution in [3.05, 3.63) is 45.6 Å². The van der Waals surface area contributed by atoms with Crippen molar-refractivity contribution in [2.24, 2.45) is 5.41 Å². The van der Waals surface area contributed by atoms with Crippen LogP contribution >= 0.6 is 11.3 Å². The Labute approximate surface area is 201 Å². The van der Waals surface area contributed by atoms with Gasteiger partial charge in [-0.3, -0.25) is 9.59 Å². The molecule has 2 amide bonds. The van der Waals surface area contributed by atoms with E-state index in [0.29, 0.717) is 25.3 Å². The van der Waals surface area contributed by atoms with E-state index in [1.165, 1.54) is 5.56 Å². The Bertz CT molecular complexity index is 979. The summed E-state index contributed by atoms with van der Waals surface area (Å²) in [6.45, 7) is 13.5. The quantitative estimate of drug-likeness (QED) is 0.492. The number of aryl methyl sites for hydroxylation is 1. The van der Waals surface area contributed by atoms with E-state index in [2.05, 4.69) is 13.0 Å². The van der Waals surface area contributed by atoms with E-state index in [-0.39, 0.29) is 36.6 Å². The molecule has 0 spiro atoms. The normalized spacial score (nSPS) is 13.6. The molecule has 2 aromatic rings. The summed E-state index contributed by atoms with van der Waals surface area (Å²) in [5, 5.41) is 2.05. The molecule has 1 atom stereocenters. The van der Waals surface area contributed by atoms with Gasteiger partial charge in [0.25, 0.3) is 0 Å². The summed E-state index contributed by atoms with van der Waals surface area (Å²) in [7, 11) is 0. The number of nitrogens with zero attached hydrogens (tertiary/aromatic N) is 2. The van der Waals surface area contributed by atoms with Gasteiger partial charge in [-0.05, 0) is 60.4 Å². The maximum Gasteiger partial charge on any atom is 0.242 e. The average Bonchev–Trinajstić information content (AvgIpc) is 3.37. The number of carbonyl (C=O) groups excluding carboxylic acids is 2. The van der Waals surface area contributed by atoms with Gasteiger partial charge in [-0.15, -0.1) is 11.3 Å². The Morgan fingerprint density at radius 2 is 1.82 bits per heavy atom.